The largest absolute Gasteiger partial charge is 0.274 e. The molecule has 1 aliphatic heterocycles. The molecule has 4 heterocycles. The highest BCUT2D eigenvalue weighted by atomic mass is 19.2. The lowest BCUT2D eigenvalue weighted by Crippen LogP contribution is -2.47. The summed E-state index contributed by atoms with van der Waals surface area (Å²) in [5.41, 5.74) is 1.05. The van der Waals surface area contributed by atoms with E-state index in [0.717, 1.165) is 17.5 Å². The van der Waals surface area contributed by atoms with Crippen LogP contribution in [0.1, 0.15) is 44.8 Å². The number of pyridine rings is 2. The Bertz CT molecular complexity index is 1070. The van der Waals surface area contributed by atoms with Gasteiger partial charge in [0.05, 0.1) is 17.4 Å². The van der Waals surface area contributed by atoms with Gasteiger partial charge in [0.2, 0.25) is 5.82 Å². The molecular weight excluding hydrogens is 338 g/mol. The Kier molecular flexibility index (Phi) is 3.37. The number of hydrogen-bond acceptors (Lipinski definition) is 6. The van der Waals surface area contributed by atoms with E-state index in [-0.39, 0.29) is 22.4 Å². The van der Waals surface area contributed by atoms with Crippen LogP contribution in [0.3, 0.4) is 0 Å². The molecule has 6 nitrogen and oxygen atoms in total. The van der Waals surface area contributed by atoms with Crippen LogP contribution >= 0.6 is 0 Å². The van der Waals surface area contributed by atoms with Gasteiger partial charge in [-0.2, -0.15) is 0 Å². The summed E-state index contributed by atoms with van der Waals surface area (Å²) in [6.07, 6.45) is 2.51. The minimum Gasteiger partial charge on any atom is -0.274 e. The lowest BCUT2D eigenvalue weighted by atomic mass is 9.68. The lowest BCUT2D eigenvalue weighted by Gasteiger charge is -2.42. The summed E-state index contributed by atoms with van der Waals surface area (Å²) >= 11 is 0. The van der Waals surface area contributed by atoms with Gasteiger partial charge < -0.3 is 0 Å². The van der Waals surface area contributed by atoms with E-state index in [9.17, 15) is 8.78 Å². The molecule has 0 radical (unpaired) electrons. The molecule has 0 saturated heterocycles. The van der Waals surface area contributed by atoms with Crippen LogP contribution in [0.15, 0.2) is 29.5 Å². The monoisotopic (exact) mass is 354 g/mol. The number of aliphatic imine (C=N–C) groups is 1. The highest BCUT2D eigenvalue weighted by molar-refractivity contribution is 6.12. The van der Waals surface area contributed by atoms with Crippen molar-refractivity contribution < 1.29 is 8.78 Å². The fraction of sp³-hybridized carbons (Fsp3) is 0.333. The van der Waals surface area contributed by atoms with Gasteiger partial charge in [0.25, 0.3) is 0 Å². The Morgan fingerprint density at radius 2 is 1.77 bits per heavy atom. The summed E-state index contributed by atoms with van der Waals surface area (Å²) in [5.74, 6) is -2.00. The molecular formula is C18H16F2N6. The predicted octanol–water partition coefficient (Wildman–Crippen LogP) is 3.00. The third kappa shape index (κ3) is 2.21. The topological polar surface area (TPSA) is 76.8 Å². The molecule has 0 bridgehead atoms. The van der Waals surface area contributed by atoms with Crippen LogP contribution in [0.2, 0.25) is 0 Å². The Balaban J connectivity index is 1.97. The maximum atomic E-state index is 13.8. The average molecular weight is 354 g/mol. The summed E-state index contributed by atoms with van der Waals surface area (Å²) in [4.78, 5) is 17.5. The molecule has 3 aromatic heterocycles. The van der Waals surface area contributed by atoms with Gasteiger partial charge in [0.15, 0.2) is 22.8 Å². The van der Waals surface area contributed by atoms with E-state index < -0.39 is 17.2 Å². The first-order valence-electron chi connectivity index (χ1n) is 8.13. The average Bonchev–Trinajstić information content (AvgIpc) is 2.61. The zero-order valence-electron chi connectivity index (χ0n) is 14.7. The summed E-state index contributed by atoms with van der Waals surface area (Å²) in [5, 5.41) is 7.76. The number of aromatic nitrogens is 5. The Labute approximate surface area is 148 Å². The second-order valence-electron chi connectivity index (χ2n) is 7.27. The van der Waals surface area contributed by atoms with Crippen molar-refractivity contribution in [1.29, 1.82) is 0 Å². The van der Waals surface area contributed by atoms with E-state index >= 15 is 0 Å². The second-order valence-corrected chi connectivity index (χ2v) is 7.27. The Hall–Kier alpha value is -2.90. The van der Waals surface area contributed by atoms with E-state index in [0.29, 0.717) is 5.71 Å². The second kappa shape index (κ2) is 5.30. The third-order valence-electron chi connectivity index (χ3n) is 5.17. The molecule has 26 heavy (non-hydrogen) atoms. The fourth-order valence-corrected chi connectivity index (χ4v) is 2.97. The molecule has 4 rings (SSSR count). The third-order valence-corrected chi connectivity index (χ3v) is 5.17. The maximum Gasteiger partial charge on any atom is 0.202 e. The molecule has 0 atom stereocenters. The van der Waals surface area contributed by atoms with Gasteiger partial charge in [-0.15, -0.1) is 10.2 Å². The van der Waals surface area contributed by atoms with Gasteiger partial charge in [0, 0.05) is 17.2 Å². The normalized spacial score (nSPS) is 17.7. The molecule has 0 spiro atoms. The van der Waals surface area contributed by atoms with Crippen molar-refractivity contribution in [3.63, 3.8) is 0 Å². The summed E-state index contributed by atoms with van der Waals surface area (Å²) in [6.45, 7) is 8.18. The summed E-state index contributed by atoms with van der Waals surface area (Å²) in [7, 11) is 0. The zero-order valence-corrected chi connectivity index (χ0v) is 14.7. The van der Waals surface area contributed by atoms with Crippen LogP contribution in [0, 0.1) is 11.6 Å². The molecule has 132 valence electrons. The lowest BCUT2D eigenvalue weighted by molar-refractivity contribution is 0.296. The van der Waals surface area contributed by atoms with Gasteiger partial charge in [-0.1, -0.05) is 13.8 Å². The first-order chi connectivity index (χ1) is 12.2. The van der Waals surface area contributed by atoms with Gasteiger partial charge in [-0.25, -0.2) is 18.7 Å². The Morgan fingerprint density at radius 3 is 2.54 bits per heavy atom. The van der Waals surface area contributed by atoms with Crippen LogP contribution in [-0.2, 0) is 5.41 Å². The smallest absolute Gasteiger partial charge is 0.202 e. The molecule has 0 saturated carbocycles. The van der Waals surface area contributed by atoms with Crippen LogP contribution in [0.5, 0.6) is 0 Å². The zero-order chi connectivity index (χ0) is 18.7. The van der Waals surface area contributed by atoms with Crippen molar-refractivity contribution in [2.75, 3.05) is 0 Å². The van der Waals surface area contributed by atoms with Gasteiger partial charge in [0.1, 0.15) is 5.71 Å². The first-order valence-corrected chi connectivity index (χ1v) is 8.13. The molecule has 8 heteroatoms. The quantitative estimate of drug-likeness (QED) is 0.671. The molecule has 0 aliphatic carbocycles. The van der Waals surface area contributed by atoms with Crippen LogP contribution in [-0.4, -0.2) is 36.4 Å². The number of rotatable bonds is 1. The van der Waals surface area contributed by atoms with E-state index in [2.05, 4.69) is 39.0 Å². The minimum absolute atomic E-state index is 0.0234. The van der Waals surface area contributed by atoms with Crippen LogP contribution in [0.4, 0.5) is 8.78 Å². The molecule has 0 fully saturated rings. The molecule has 0 N–H and O–H groups in total. The number of hydrogen-bond donors (Lipinski definition) is 0. The number of halogens is 2. The Morgan fingerprint density at radius 1 is 1.00 bits per heavy atom. The highest BCUT2D eigenvalue weighted by Crippen LogP contribution is 2.42. The molecule has 0 amide bonds. The van der Waals surface area contributed by atoms with Gasteiger partial charge >= 0.3 is 0 Å². The van der Waals surface area contributed by atoms with Crippen molar-refractivity contribution >= 4 is 16.9 Å². The molecule has 0 unspecified atom stereocenters. The maximum absolute atomic E-state index is 13.8. The summed E-state index contributed by atoms with van der Waals surface area (Å²) < 4.78 is 27.2. The predicted molar refractivity (Wildman–Crippen MR) is 92.0 cm³/mol. The number of nitrogens with zero attached hydrogens (tertiary/aromatic N) is 6. The molecule has 3 aromatic rings. The molecule has 1 aliphatic rings. The highest BCUT2D eigenvalue weighted by Gasteiger charge is 2.45. The van der Waals surface area contributed by atoms with Crippen molar-refractivity contribution in [3.8, 4) is 0 Å². The van der Waals surface area contributed by atoms with Gasteiger partial charge in [-0.05, 0) is 26.0 Å². The number of fused-ring (bicyclic) bond motifs is 2. The van der Waals surface area contributed by atoms with Crippen LogP contribution < -0.4 is 0 Å². The van der Waals surface area contributed by atoms with Crippen LogP contribution in [0.25, 0.3) is 11.2 Å². The van der Waals surface area contributed by atoms with E-state index in [1.54, 1.807) is 6.20 Å². The van der Waals surface area contributed by atoms with E-state index in [4.69, 9.17) is 4.99 Å². The van der Waals surface area contributed by atoms with Crippen molar-refractivity contribution in [2.45, 2.75) is 38.6 Å². The van der Waals surface area contributed by atoms with E-state index in [1.165, 1.54) is 0 Å². The van der Waals surface area contributed by atoms with Crippen molar-refractivity contribution in [2.24, 2.45) is 4.99 Å². The first kappa shape index (κ1) is 16.6. The van der Waals surface area contributed by atoms with E-state index in [1.807, 2.05) is 26.0 Å². The fourth-order valence-electron chi connectivity index (χ4n) is 2.97. The summed E-state index contributed by atoms with van der Waals surface area (Å²) in [6, 6.07) is 3.70. The molecule has 0 aromatic carbocycles. The van der Waals surface area contributed by atoms with Gasteiger partial charge in [-0.3, -0.25) is 9.98 Å². The minimum atomic E-state index is -1.12. The SMILES string of the molecule is CC1(C)N=C(c2nnc3c(F)c(F)cnc3n2)c2cccnc2C1(C)C. The van der Waals surface area contributed by atoms with Crippen molar-refractivity contribution in [3.05, 3.63) is 53.2 Å². The van der Waals surface area contributed by atoms with Crippen molar-refractivity contribution in [1.82, 2.24) is 25.1 Å². The standard InChI is InChI=1S/C18H16F2N6/c1-17(2)14-9(6-5-7-21-14)12(24-18(17,3)4)16-23-15-13(25-26-16)11(20)10(19)8-22-15/h5-8H,1-4H3.